The summed E-state index contributed by atoms with van der Waals surface area (Å²) in [6.07, 6.45) is 0.646. The zero-order chi connectivity index (χ0) is 30.3. The Labute approximate surface area is 254 Å². The van der Waals surface area contributed by atoms with Gasteiger partial charge in [0.2, 0.25) is 6.79 Å². The lowest BCUT2D eigenvalue weighted by molar-refractivity contribution is -0.150. The maximum Gasteiger partial charge on any atom is 0.323 e. The van der Waals surface area contributed by atoms with Gasteiger partial charge in [-0.05, 0) is 50.9 Å². The van der Waals surface area contributed by atoms with Crippen LogP contribution in [0, 0.1) is 32.1 Å². The minimum absolute atomic E-state index is 0.0204. The summed E-state index contributed by atoms with van der Waals surface area (Å²) < 4.78 is 29.4. The molecule has 43 heavy (non-hydrogen) atoms. The molecule has 228 valence electrons. The van der Waals surface area contributed by atoms with E-state index < -0.39 is 24.1 Å². The number of carbonyl (C=O) groups excluding carboxylic acids is 1. The van der Waals surface area contributed by atoms with Crippen LogP contribution in [-0.4, -0.2) is 85.1 Å². The normalized spacial score (nSPS) is 31.0. The van der Waals surface area contributed by atoms with Crippen molar-refractivity contribution in [3.05, 3.63) is 45.0 Å². The number of thioether (sulfide) groups is 1. The predicted molar refractivity (Wildman–Crippen MR) is 157 cm³/mol. The number of nitriles is 1. The second-order valence-electron chi connectivity index (χ2n) is 12.0. The molecule has 3 N–H and O–H groups in total. The topological polar surface area (TPSA) is 140 Å². The van der Waals surface area contributed by atoms with E-state index in [1.165, 1.54) is 11.8 Å². The number of rotatable bonds is 3. The van der Waals surface area contributed by atoms with Crippen molar-refractivity contribution in [1.82, 2.24) is 9.80 Å². The van der Waals surface area contributed by atoms with Crippen LogP contribution in [0.25, 0.3) is 0 Å². The fraction of sp³-hybridized carbons (Fsp3) is 0.548. The van der Waals surface area contributed by atoms with Crippen LogP contribution >= 0.6 is 11.8 Å². The van der Waals surface area contributed by atoms with Gasteiger partial charge in [0.15, 0.2) is 18.3 Å². The molecule has 5 aliphatic heterocycles. The molecule has 0 spiro atoms. The fourth-order valence-corrected chi connectivity index (χ4v) is 9.31. The summed E-state index contributed by atoms with van der Waals surface area (Å²) in [7, 11) is 3.68. The Morgan fingerprint density at radius 1 is 1.16 bits per heavy atom. The molecule has 1 unspecified atom stereocenters. The number of nitrogens with zero attached hydrogens (tertiary/aromatic N) is 3. The number of esters is 1. The van der Waals surface area contributed by atoms with Gasteiger partial charge >= 0.3 is 5.97 Å². The van der Waals surface area contributed by atoms with Crippen molar-refractivity contribution < 1.29 is 33.6 Å². The molecule has 7 atom stereocenters. The number of aromatic hydroxyl groups is 1. The summed E-state index contributed by atoms with van der Waals surface area (Å²) >= 11 is 1.51. The SMILES string of the molecule is COCOc1c(C)c(C)cc2c1[C@@H]1C3[C@@H]4SC[C@H](N)C(=O)OC[C@H](c5c6c(c(C)c(O)c54)OCO6)N3[C@@H](C#N)[C@H](C2)N1C. The summed E-state index contributed by atoms with van der Waals surface area (Å²) in [4.78, 5) is 17.4. The Balaban J connectivity index is 1.53. The van der Waals surface area contributed by atoms with E-state index in [1.807, 2.05) is 6.92 Å². The maximum atomic E-state index is 12.9. The van der Waals surface area contributed by atoms with Crippen LogP contribution in [0.1, 0.15) is 56.3 Å². The molecule has 2 saturated heterocycles. The summed E-state index contributed by atoms with van der Waals surface area (Å²) in [6.45, 7) is 6.04. The standard InChI is InChI=1S/C31H36N4O7S/c1-13-6-16-7-18-19(8-32)35-20-9-39-31(37)17(33)10-43-30(23-22(20)29-28(41-12-42-29)15(3)26(23)36)25(35)24(34(18)4)21(16)27(14(13)2)40-11-38-5/h6,17-20,24-25,30,36H,7,9-12,33H2,1-5H3/t17-,18-,19-,20+,24+,25?,30+/m0/s1. The van der Waals surface area contributed by atoms with Crippen molar-refractivity contribution in [2.45, 2.75) is 68.7 Å². The lowest BCUT2D eigenvalue weighted by Gasteiger charge is -2.61. The molecule has 5 aliphatic rings. The van der Waals surface area contributed by atoms with Crippen LogP contribution < -0.4 is 19.9 Å². The van der Waals surface area contributed by atoms with Gasteiger partial charge in [-0.15, -0.1) is 11.8 Å². The Bertz CT molecular complexity index is 1560. The van der Waals surface area contributed by atoms with E-state index >= 15 is 0 Å². The number of ether oxygens (including phenoxy) is 5. The number of hydrogen-bond acceptors (Lipinski definition) is 12. The molecule has 7 rings (SSSR count). The fourth-order valence-electron chi connectivity index (χ4n) is 7.87. The number of likely N-dealkylation sites (N-methyl/N-ethyl adjacent to an activating group) is 1. The molecule has 0 aliphatic carbocycles. The van der Waals surface area contributed by atoms with Gasteiger partial charge in [0.1, 0.15) is 30.2 Å². The van der Waals surface area contributed by atoms with Crippen LogP contribution in [0.5, 0.6) is 23.0 Å². The number of fused-ring (bicyclic) bond motifs is 9. The number of hydrogen-bond donors (Lipinski definition) is 2. The van der Waals surface area contributed by atoms with Gasteiger partial charge < -0.3 is 34.5 Å². The molecule has 2 fully saturated rings. The van der Waals surface area contributed by atoms with Crippen molar-refractivity contribution in [1.29, 1.82) is 5.26 Å². The van der Waals surface area contributed by atoms with Gasteiger partial charge in [0, 0.05) is 47.2 Å². The van der Waals surface area contributed by atoms with Crippen LogP contribution in [0.4, 0.5) is 0 Å². The maximum absolute atomic E-state index is 12.9. The summed E-state index contributed by atoms with van der Waals surface area (Å²) in [5.74, 6) is 1.73. The van der Waals surface area contributed by atoms with Crippen LogP contribution in [-0.2, 0) is 20.7 Å². The van der Waals surface area contributed by atoms with Gasteiger partial charge in [-0.25, -0.2) is 0 Å². The van der Waals surface area contributed by atoms with Crippen LogP contribution in [0.3, 0.4) is 0 Å². The Kier molecular flexibility index (Phi) is 6.94. The number of cyclic esters (lactones) is 1. The van der Waals surface area contributed by atoms with E-state index in [9.17, 15) is 15.2 Å². The average Bonchev–Trinajstić information content (AvgIpc) is 3.48. The van der Waals surface area contributed by atoms with Crippen molar-refractivity contribution in [2.75, 3.05) is 40.1 Å². The van der Waals surface area contributed by atoms with Crippen LogP contribution in [0.2, 0.25) is 0 Å². The van der Waals surface area contributed by atoms with Gasteiger partial charge in [0.25, 0.3) is 0 Å². The zero-order valence-electron chi connectivity index (χ0n) is 24.9. The minimum atomic E-state index is -0.830. The first-order valence-corrected chi connectivity index (χ1v) is 15.6. The molecular formula is C31H36N4O7S. The second-order valence-corrected chi connectivity index (χ2v) is 13.2. The first-order chi connectivity index (χ1) is 20.7. The van der Waals surface area contributed by atoms with Crippen molar-refractivity contribution in [2.24, 2.45) is 5.73 Å². The van der Waals surface area contributed by atoms with Crippen LogP contribution in [0.15, 0.2) is 6.07 Å². The number of benzene rings is 2. The molecule has 2 aromatic carbocycles. The highest BCUT2D eigenvalue weighted by Crippen LogP contribution is 2.63. The molecule has 0 saturated carbocycles. The number of carbonyl (C=O) groups is 1. The Hall–Kier alpha value is -3.21. The van der Waals surface area contributed by atoms with Crippen molar-refractivity contribution in [3.63, 3.8) is 0 Å². The lowest BCUT2D eigenvalue weighted by Crippen LogP contribution is -2.69. The highest BCUT2D eigenvalue weighted by atomic mass is 32.2. The Morgan fingerprint density at radius 3 is 2.67 bits per heavy atom. The minimum Gasteiger partial charge on any atom is -0.507 e. The van der Waals surface area contributed by atoms with Crippen molar-refractivity contribution >= 4 is 17.7 Å². The molecule has 4 bridgehead atoms. The van der Waals surface area contributed by atoms with E-state index in [0.717, 1.165) is 33.6 Å². The number of phenolic OH excluding ortho intramolecular Hbond substituents is 1. The molecule has 5 heterocycles. The molecule has 0 amide bonds. The highest BCUT2D eigenvalue weighted by molar-refractivity contribution is 7.99. The lowest BCUT2D eigenvalue weighted by atomic mass is 9.71. The third kappa shape index (κ3) is 3.98. The Morgan fingerprint density at radius 2 is 1.93 bits per heavy atom. The van der Waals surface area contributed by atoms with E-state index in [-0.39, 0.29) is 55.1 Å². The van der Waals surface area contributed by atoms with Gasteiger partial charge in [-0.3, -0.25) is 14.6 Å². The predicted octanol–water partition coefficient (Wildman–Crippen LogP) is 2.92. The number of nitrogens with two attached hydrogens (primary N) is 1. The average molecular weight is 609 g/mol. The molecule has 0 aromatic heterocycles. The van der Waals surface area contributed by atoms with E-state index in [2.05, 4.69) is 42.8 Å². The summed E-state index contributed by atoms with van der Waals surface area (Å²) in [6, 6.07) is 2.24. The summed E-state index contributed by atoms with van der Waals surface area (Å²) in [5, 5.41) is 22.3. The van der Waals surface area contributed by atoms with Gasteiger partial charge in [-0.2, -0.15) is 5.26 Å². The van der Waals surface area contributed by atoms with E-state index in [1.54, 1.807) is 7.11 Å². The van der Waals surface area contributed by atoms with E-state index in [4.69, 9.17) is 29.4 Å². The summed E-state index contributed by atoms with van der Waals surface area (Å²) in [5.41, 5.74) is 12.7. The molecule has 0 radical (unpaired) electrons. The number of aryl methyl sites for hydroxylation is 1. The first kappa shape index (κ1) is 28.6. The monoisotopic (exact) mass is 608 g/mol. The first-order valence-electron chi connectivity index (χ1n) is 14.5. The van der Waals surface area contributed by atoms with Gasteiger partial charge in [-0.1, -0.05) is 6.07 Å². The zero-order valence-corrected chi connectivity index (χ0v) is 25.7. The smallest absolute Gasteiger partial charge is 0.323 e. The third-order valence-electron chi connectivity index (χ3n) is 9.93. The third-order valence-corrected chi connectivity index (χ3v) is 11.4. The second kappa shape index (κ2) is 10.5. The quantitative estimate of drug-likeness (QED) is 0.391. The van der Waals surface area contributed by atoms with E-state index in [0.29, 0.717) is 29.0 Å². The molecule has 12 heteroatoms. The van der Waals surface area contributed by atoms with Crippen molar-refractivity contribution in [3.8, 4) is 29.1 Å². The molecule has 2 aromatic rings. The highest BCUT2D eigenvalue weighted by Gasteiger charge is 2.60. The van der Waals surface area contributed by atoms with Gasteiger partial charge in [0.05, 0.1) is 23.4 Å². The number of methoxy groups -OCH3 is 1. The molecule has 11 nitrogen and oxygen atoms in total. The number of phenols is 1. The molecular weight excluding hydrogens is 572 g/mol. The largest absolute Gasteiger partial charge is 0.507 e. The number of piperazine rings is 1.